The highest BCUT2D eigenvalue weighted by Gasteiger charge is 2.10. The monoisotopic (exact) mass is 353 g/mol. The number of hydrogen-bond acceptors (Lipinski definition) is 2. The molecule has 0 bridgehead atoms. The molecule has 0 spiro atoms. The lowest BCUT2D eigenvalue weighted by atomic mass is 9.94. The Labute approximate surface area is 160 Å². The minimum atomic E-state index is 0.464. The Bertz CT molecular complexity index is 1050. The second-order valence-electron chi connectivity index (χ2n) is 7.10. The van der Waals surface area contributed by atoms with Crippen LogP contribution in [0.15, 0.2) is 85.1 Å². The second-order valence-corrected chi connectivity index (χ2v) is 7.10. The Balaban J connectivity index is 1.71. The molecular weight excluding hydrogens is 330 g/mol. The van der Waals surface area contributed by atoms with Crippen molar-refractivity contribution in [2.24, 2.45) is 0 Å². The van der Waals surface area contributed by atoms with E-state index in [2.05, 4.69) is 61.3 Å². The summed E-state index contributed by atoms with van der Waals surface area (Å²) >= 11 is 0. The smallest absolute Gasteiger partial charge is 0.120 e. The summed E-state index contributed by atoms with van der Waals surface area (Å²) in [6.07, 6.45) is 1.86. The van der Waals surface area contributed by atoms with Gasteiger partial charge in [-0.2, -0.15) is 0 Å². The van der Waals surface area contributed by atoms with Gasteiger partial charge in [0.25, 0.3) is 0 Å². The number of rotatable bonds is 5. The largest absolute Gasteiger partial charge is 0.489 e. The lowest BCUT2D eigenvalue weighted by molar-refractivity contribution is 0.306. The molecule has 0 aliphatic heterocycles. The summed E-state index contributed by atoms with van der Waals surface area (Å²) < 4.78 is 6.02. The second kappa shape index (κ2) is 7.63. The van der Waals surface area contributed by atoms with Crippen LogP contribution >= 0.6 is 0 Å². The van der Waals surface area contributed by atoms with E-state index in [9.17, 15) is 0 Å². The minimum absolute atomic E-state index is 0.464. The predicted octanol–water partition coefficient (Wildman–Crippen LogP) is 6.60. The third-order valence-corrected chi connectivity index (χ3v) is 4.79. The van der Waals surface area contributed by atoms with Crippen molar-refractivity contribution in [1.29, 1.82) is 0 Å². The zero-order valence-corrected chi connectivity index (χ0v) is 15.7. The molecule has 0 amide bonds. The zero-order valence-electron chi connectivity index (χ0n) is 15.7. The summed E-state index contributed by atoms with van der Waals surface area (Å²) in [6.45, 7) is 5.01. The molecule has 0 aliphatic rings. The van der Waals surface area contributed by atoms with Gasteiger partial charge in [-0.3, -0.25) is 4.98 Å². The van der Waals surface area contributed by atoms with Gasteiger partial charge in [0.1, 0.15) is 12.4 Å². The number of pyridine rings is 1. The van der Waals surface area contributed by atoms with E-state index >= 15 is 0 Å². The van der Waals surface area contributed by atoms with Crippen LogP contribution in [0.4, 0.5) is 0 Å². The van der Waals surface area contributed by atoms with Crippen LogP contribution in [0.2, 0.25) is 0 Å². The average Bonchev–Trinajstić information content (AvgIpc) is 2.72. The third kappa shape index (κ3) is 3.85. The van der Waals surface area contributed by atoms with Crippen LogP contribution in [0.3, 0.4) is 0 Å². The SMILES string of the molecule is CC(C)c1cc(-c2cccc(OCc3ccccc3)c2)c2ncccc2c1. The molecule has 0 saturated carbocycles. The summed E-state index contributed by atoms with van der Waals surface area (Å²) in [5.41, 5.74) is 5.80. The lowest BCUT2D eigenvalue weighted by Gasteiger charge is -2.13. The van der Waals surface area contributed by atoms with Crippen molar-refractivity contribution in [3.8, 4) is 16.9 Å². The van der Waals surface area contributed by atoms with Crippen molar-refractivity contribution in [2.45, 2.75) is 26.4 Å². The summed E-state index contributed by atoms with van der Waals surface area (Å²) in [5, 5.41) is 1.18. The van der Waals surface area contributed by atoms with Crippen LogP contribution < -0.4 is 4.74 Å². The van der Waals surface area contributed by atoms with E-state index in [1.165, 1.54) is 10.9 Å². The number of aromatic nitrogens is 1. The van der Waals surface area contributed by atoms with Crippen LogP contribution in [-0.4, -0.2) is 4.98 Å². The summed E-state index contributed by atoms with van der Waals surface area (Å²) in [5.74, 6) is 1.33. The molecule has 0 atom stereocenters. The standard InChI is InChI=1S/C25H23NO/c1-18(2)22-14-21-11-7-13-26-25(21)24(16-22)20-10-6-12-23(15-20)27-17-19-8-4-3-5-9-19/h3-16,18H,17H2,1-2H3. The zero-order chi connectivity index (χ0) is 18.6. The Morgan fingerprint density at radius 3 is 2.52 bits per heavy atom. The summed E-state index contributed by atoms with van der Waals surface area (Å²) in [6, 6.07) is 27.2. The Kier molecular flexibility index (Phi) is 4.88. The molecule has 3 aromatic carbocycles. The molecule has 134 valence electrons. The number of fused-ring (bicyclic) bond motifs is 1. The third-order valence-electron chi connectivity index (χ3n) is 4.79. The molecule has 0 radical (unpaired) electrons. The van der Waals surface area contributed by atoms with E-state index in [1.807, 2.05) is 42.6 Å². The van der Waals surface area contributed by atoms with Gasteiger partial charge in [-0.1, -0.05) is 62.4 Å². The lowest BCUT2D eigenvalue weighted by Crippen LogP contribution is -1.96. The highest BCUT2D eigenvalue weighted by atomic mass is 16.5. The maximum absolute atomic E-state index is 6.02. The molecule has 0 fully saturated rings. The van der Waals surface area contributed by atoms with E-state index in [0.29, 0.717) is 12.5 Å². The van der Waals surface area contributed by atoms with Gasteiger partial charge in [0.15, 0.2) is 0 Å². The number of hydrogen-bond donors (Lipinski definition) is 0. The van der Waals surface area contributed by atoms with E-state index in [1.54, 1.807) is 0 Å². The molecule has 0 aliphatic carbocycles. The van der Waals surface area contributed by atoms with Crippen molar-refractivity contribution in [3.63, 3.8) is 0 Å². The molecule has 0 N–H and O–H groups in total. The van der Waals surface area contributed by atoms with E-state index < -0.39 is 0 Å². The van der Waals surface area contributed by atoms with Crippen molar-refractivity contribution >= 4 is 10.9 Å². The fourth-order valence-corrected chi connectivity index (χ4v) is 3.26. The molecule has 27 heavy (non-hydrogen) atoms. The molecular formula is C25H23NO. The van der Waals surface area contributed by atoms with E-state index in [-0.39, 0.29) is 0 Å². The molecule has 4 aromatic rings. The number of nitrogens with zero attached hydrogens (tertiary/aromatic N) is 1. The molecule has 0 unspecified atom stereocenters. The first-order chi connectivity index (χ1) is 13.2. The van der Waals surface area contributed by atoms with Crippen LogP contribution in [0.1, 0.15) is 30.9 Å². The van der Waals surface area contributed by atoms with Crippen LogP contribution in [-0.2, 0) is 6.61 Å². The number of ether oxygens (including phenoxy) is 1. The number of benzene rings is 3. The van der Waals surface area contributed by atoms with Crippen LogP contribution in [0, 0.1) is 0 Å². The first kappa shape index (κ1) is 17.3. The first-order valence-electron chi connectivity index (χ1n) is 9.36. The van der Waals surface area contributed by atoms with Gasteiger partial charge in [0.2, 0.25) is 0 Å². The normalized spacial score (nSPS) is 11.1. The molecule has 1 aromatic heterocycles. The van der Waals surface area contributed by atoms with Gasteiger partial charge in [0, 0.05) is 17.1 Å². The van der Waals surface area contributed by atoms with Crippen LogP contribution in [0.25, 0.3) is 22.0 Å². The highest BCUT2D eigenvalue weighted by Crippen LogP contribution is 2.33. The Morgan fingerprint density at radius 1 is 0.852 bits per heavy atom. The molecule has 4 rings (SSSR count). The van der Waals surface area contributed by atoms with Gasteiger partial charge >= 0.3 is 0 Å². The first-order valence-corrected chi connectivity index (χ1v) is 9.36. The molecule has 2 heteroatoms. The maximum atomic E-state index is 6.02. The summed E-state index contributed by atoms with van der Waals surface area (Å²) in [4.78, 5) is 4.64. The van der Waals surface area contributed by atoms with Crippen molar-refractivity contribution in [3.05, 3.63) is 96.2 Å². The van der Waals surface area contributed by atoms with Crippen molar-refractivity contribution in [2.75, 3.05) is 0 Å². The molecule has 2 nitrogen and oxygen atoms in total. The average molecular weight is 353 g/mol. The fourth-order valence-electron chi connectivity index (χ4n) is 3.26. The van der Waals surface area contributed by atoms with E-state index in [4.69, 9.17) is 4.74 Å². The predicted molar refractivity (Wildman–Crippen MR) is 112 cm³/mol. The van der Waals surface area contributed by atoms with Crippen molar-refractivity contribution in [1.82, 2.24) is 4.98 Å². The topological polar surface area (TPSA) is 22.1 Å². The van der Waals surface area contributed by atoms with Gasteiger partial charge in [-0.15, -0.1) is 0 Å². The van der Waals surface area contributed by atoms with Gasteiger partial charge in [0.05, 0.1) is 5.52 Å². The maximum Gasteiger partial charge on any atom is 0.120 e. The van der Waals surface area contributed by atoms with Gasteiger partial charge in [-0.05, 0) is 52.9 Å². The molecule has 0 saturated heterocycles. The Hall–Kier alpha value is -3.13. The minimum Gasteiger partial charge on any atom is -0.489 e. The highest BCUT2D eigenvalue weighted by molar-refractivity contribution is 5.94. The molecule has 1 heterocycles. The van der Waals surface area contributed by atoms with Gasteiger partial charge in [-0.25, -0.2) is 0 Å². The van der Waals surface area contributed by atoms with Crippen LogP contribution in [0.5, 0.6) is 5.75 Å². The van der Waals surface area contributed by atoms with Gasteiger partial charge < -0.3 is 4.74 Å². The fraction of sp³-hybridized carbons (Fsp3) is 0.160. The summed E-state index contributed by atoms with van der Waals surface area (Å²) in [7, 11) is 0. The van der Waals surface area contributed by atoms with Crippen molar-refractivity contribution < 1.29 is 4.74 Å². The Morgan fingerprint density at radius 2 is 1.70 bits per heavy atom. The quantitative estimate of drug-likeness (QED) is 0.403. The van der Waals surface area contributed by atoms with E-state index in [0.717, 1.165) is 28.0 Å².